The van der Waals surface area contributed by atoms with Gasteiger partial charge in [0, 0.05) is 35.8 Å². The molecule has 0 bridgehead atoms. The van der Waals surface area contributed by atoms with Crippen molar-refractivity contribution in [3.63, 3.8) is 0 Å². The van der Waals surface area contributed by atoms with Gasteiger partial charge in [0.15, 0.2) is 0 Å². The lowest BCUT2D eigenvalue weighted by atomic mass is 9.99. The zero-order chi connectivity index (χ0) is 25.2. The fourth-order valence-corrected chi connectivity index (χ4v) is 4.93. The molecule has 2 aromatic carbocycles. The number of amides is 1. The molecular weight excluding hydrogens is 450 g/mol. The molecule has 1 fully saturated rings. The lowest BCUT2D eigenvalue weighted by Gasteiger charge is -2.21. The van der Waals surface area contributed by atoms with Crippen molar-refractivity contribution >= 4 is 16.8 Å². The molecule has 1 aliphatic heterocycles. The van der Waals surface area contributed by atoms with Gasteiger partial charge in [0.05, 0.1) is 23.4 Å². The maximum absolute atomic E-state index is 13.4. The minimum absolute atomic E-state index is 0.118. The third-order valence-corrected chi connectivity index (χ3v) is 7.13. The van der Waals surface area contributed by atoms with Crippen LogP contribution in [0.15, 0.2) is 60.9 Å². The lowest BCUT2D eigenvalue weighted by molar-refractivity contribution is 0.0939. The van der Waals surface area contributed by atoms with Gasteiger partial charge in [-0.2, -0.15) is 5.10 Å². The number of fused-ring (bicyclic) bond motifs is 1. The molecule has 0 saturated carbocycles. The molecule has 1 amide bonds. The highest BCUT2D eigenvalue weighted by Gasteiger charge is 2.22. The molecule has 0 spiro atoms. The average Bonchev–Trinajstić information content (AvgIpc) is 3.50. The summed E-state index contributed by atoms with van der Waals surface area (Å²) < 4.78 is 7.85. The number of para-hydroxylation sites is 1. The van der Waals surface area contributed by atoms with Crippen LogP contribution in [0.1, 0.15) is 47.3 Å². The first-order valence-corrected chi connectivity index (χ1v) is 12.5. The zero-order valence-electron chi connectivity index (χ0n) is 21.4. The molecule has 4 aromatic rings. The molecule has 0 radical (unpaired) electrons. The summed E-state index contributed by atoms with van der Waals surface area (Å²) in [4.78, 5) is 20.6. The monoisotopic (exact) mass is 483 g/mol. The van der Waals surface area contributed by atoms with E-state index in [0.29, 0.717) is 18.2 Å². The minimum Gasteiger partial charge on any atom is -0.492 e. The van der Waals surface area contributed by atoms with Gasteiger partial charge in [-0.3, -0.25) is 9.48 Å². The van der Waals surface area contributed by atoms with Crippen LogP contribution < -0.4 is 10.1 Å². The number of nitrogens with zero attached hydrogens (tertiary/aromatic N) is 4. The first-order chi connectivity index (χ1) is 17.4. The molecule has 0 aliphatic carbocycles. The van der Waals surface area contributed by atoms with Crippen LogP contribution in [-0.4, -0.2) is 51.8 Å². The van der Waals surface area contributed by atoms with E-state index >= 15 is 0 Å². The number of likely N-dealkylation sites (N-methyl/N-ethyl adjacent to an activating group) is 1. The molecule has 186 valence electrons. The number of benzene rings is 2. The van der Waals surface area contributed by atoms with E-state index in [9.17, 15) is 4.79 Å². The van der Waals surface area contributed by atoms with Crippen LogP contribution in [0.25, 0.3) is 22.2 Å². The van der Waals surface area contributed by atoms with E-state index in [1.807, 2.05) is 75.8 Å². The number of hydrogen-bond donors (Lipinski definition) is 1. The summed E-state index contributed by atoms with van der Waals surface area (Å²) in [5.41, 5.74) is 5.23. The summed E-state index contributed by atoms with van der Waals surface area (Å²) >= 11 is 0. The third-order valence-electron chi connectivity index (χ3n) is 7.13. The van der Waals surface area contributed by atoms with Crippen molar-refractivity contribution in [1.82, 2.24) is 25.0 Å². The number of carbonyl (C=O) groups excluding carboxylic acids is 1. The Labute approximate surface area is 212 Å². The molecule has 3 heterocycles. The predicted octanol–water partition coefficient (Wildman–Crippen LogP) is 4.91. The topological polar surface area (TPSA) is 72.3 Å². The number of aryl methyl sites for hydroxylation is 2. The normalized spacial score (nSPS) is 16.8. The Morgan fingerprint density at radius 2 is 2.03 bits per heavy atom. The molecule has 7 nitrogen and oxygen atoms in total. The fourth-order valence-electron chi connectivity index (χ4n) is 4.93. The molecule has 5 rings (SSSR count). The molecule has 36 heavy (non-hydrogen) atoms. The van der Waals surface area contributed by atoms with E-state index in [2.05, 4.69) is 28.4 Å². The molecule has 7 heteroatoms. The second-order valence-electron chi connectivity index (χ2n) is 9.78. The average molecular weight is 484 g/mol. The van der Waals surface area contributed by atoms with Gasteiger partial charge in [0.2, 0.25) is 0 Å². The van der Waals surface area contributed by atoms with Crippen molar-refractivity contribution in [3.8, 4) is 17.0 Å². The summed E-state index contributed by atoms with van der Waals surface area (Å²) in [5.74, 6) is 0.610. The number of rotatable bonds is 7. The Bertz CT molecular complexity index is 1400. The number of nitrogens with one attached hydrogen (secondary N) is 1. The highest BCUT2D eigenvalue weighted by atomic mass is 16.5. The third kappa shape index (κ3) is 4.97. The van der Waals surface area contributed by atoms with Crippen LogP contribution in [0, 0.1) is 6.92 Å². The summed E-state index contributed by atoms with van der Waals surface area (Å²) in [6, 6.07) is 16.0. The maximum Gasteiger partial charge on any atom is 0.252 e. The first kappa shape index (κ1) is 24.0. The van der Waals surface area contributed by atoms with E-state index in [4.69, 9.17) is 9.72 Å². The van der Waals surface area contributed by atoms with Crippen molar-refractivity contribution in [2.45, 2.75) is 38.8 Å². The van der Waals surface area contributed by atoms with Crippen molar-refractivity contribution in [1.29, 1.82) is 0 Å². The van der Waals surface area contributed by atoms with Crippen LogP contribution in [-0.2, 0) is 7.05 Å². The highest BCUT2D eigenvalue weighted by Crippen LogP contribution is 2.29. The smallest absolute Gasteiger partial charge is 0.252 e. The molecule has 1 unspecified atom stereocenters. The number of pyridine rings is 1. The van der Waals surface area contributed by atoms with Gasteiger partial charge in [-0.1, -0.05) is 24.3 Å². The van der Waals surface area contributed by atoms with E-state index in [1.165, 1.54) is 6.42 Å². The zero-order valence-corrected chi connectivity index (χ0v) is 21.4. The Balaban J connectivity index is 1.38. The van der Waals surface area contributed by atoms with Crippen LogP contribution in [0.5, 0.6) is 5.75 Å². The van der Waals surface area contributed by atoms with E-state index in [1.54, 1.807) is 4.68 Å². The summed E-state index contributed by atoms with van der Waals surface area (Å²) in [6.07, 6.45) is 6.11. The van der Waals surface area contributed by atoms with E-state index < -0.39 is 0 Å². The Kier molecular flexibility index (Phi) is 6.74. The molecule has 2 aromatic heterocycles. The number of likely N-dealkylation sites (tertiary alicyclic amines) is 1. The maximum atomic E-state index is 13.4. The molecule has 2 atom stereocenters. The van der Waals surface area contributed by atoms with Gasteiger partial charge in [0.25, 0.3) is 5.91 Å². The van der Waals surface area contributed by atoms with Crippen LogP contribution in [0.4, 0.5) is 0 Å². The van der Waals surface area contributed by atoms with Crippen LogP contribution in [0.2, 0.25) is 0 Å². The van der Waals surface area contributed by atoms with Gasteiger partial charge >= 0.3 is 0 Å². The van der Waals surface area contributed by atoms with E-state index in [0.717, 1.165) is 52.0 Å². The standard InChI is InChI=1S/C29H33N5O2/c1-19-11-12-23(36-18-22-8-7-13-33(22)3)14-25(19)29(35)31-20(2)26-15-28(21-16-30-34(4)17-21)32-27-10-6-5-9-24(26)27/h5-6,9-12,14-17,20,22H,7-8,13,18H2,1-4H3,(H,31,35)/t20-,22?/m1/s1. The fraction of sp³-hybridized carbons (Fsp3) is 0.345. The summed E-state index contributed by atoms with van der Waals surface area (Å²) in [6.45, 7) is 5.71. The van der Waals surface area contributed by atoms with Crippen molar-refractivity contribution in [3.05, 3.63) is 77.6 Å². The van der Waals surface area contributed by atoms with E-state index in [-0.39, 0.29) is 11.9 Å². The van der Waals surface area contributed by atoms with Crippen molar-refractivity contribution < 1.29 is 9.53 Å². The lowest BCUT2D eigenvalue weighted by Crippen LogP contribution is -2.30. The highest BCUT2D eigenvalue weighted by molar-refractivity contribution is 5.96. The Morgan fingerprint density at radius 3 is 2.78 bits per heavy atom. The van der Waals surface area contributed by atoms with Gasteiger partial charge in [0.1, 0.15) is 12.4 Å². The van der Waals surface area contributed by atoms with Gasteiger partial charge in [-0.15, -0.1) is 0 Å². The molecule has 1 N–H and O–H groups in total. The van der Waals surface area contributed by atoms with Crippen LogP contribution >= 0.6 is 0 Å². The predicted molar refractivity (Wildman–Crippen MR) is 142 cm³/mol. The van der Waals surface area contributed by atoms with Gasteiger partial charge in [-0.05, 0) is 75.7 Å². The molecular formula is C29H33N5O2. The first-order valence-electron chi connectivity index (χ1n) is 12.5. The second-order valence-corrected chi connectivity index (χ2v) is 9.78. The van der Waals surface area contributed by atoms with Crippen LogP contribution in [0.3, 0.4) is 0 Å². The van der Waals surface area contributed by atoms with Crippen molar-refractivity contribution in [2.24, 2.45) is 7.05 Å². The van der Waals surface area contributed by atoms with Gasteiger partial charge < -0.3 is 15.0 Å². The van der Waals surface area contributed by atoms with Crippen molar-refractivity contribution in [2.75, 3.05) is 20.2 Å². The molecule has 1 saturated heterocycles. The summed E-state index contributed by atoms with van der Waals surface area (Å²) in [7, 11) is 4.03. The summed E-state index contributed by atoms with van der Waals surface area (Å²) in [5, 5.41) is 8.52. The van der Waals surface area contributed by atoms with Gasteiger partial charge in [-0.25, -0.2) is 4.98 Å². The Morgan fingerprint density at radius 1 is 1.19 bits per heavy atom. The SMILES string of the molecule is Cc1ccc(OCC2CCCN2C)cc1C(=O)N[C@H](C)c1cc(-c2cnn(C)c2)nc2ccccc12. The number of aromatic nitrogens is 3. The number of carbonyl (C=O) groups is 1. The quantitative estimate of drug-likeness (QED) is 0.405. The largest absolute Gasteiger partial charge is 0.492 e. The number of ether oxygens (including phenoxy) is 1. The Hall–Kier alpha value is -3.71. The molecule has 1 aliphatic rings. The minimum atomic E-state index is -0.225. The second kappa shape index (κ2) is 10.1. The number of hydrogen-bond acceptors (Lipinski definition) is 5.